The summed E-state index contributed by atoms with van der Waals surface area (Å²) in [6.45, 7) is 0. The quantitative estimate of drug-likeness (QED) is 0.638. The zero-order valence-corrected chi connectivity index (χ0v) is 13.0. The molecule has 1 rings (SSSR count). The summed E-state index contributed by atoms with van der Waals surface area (Å²) in [6.07, 6.45) is 19.4. The third-order valence-electron chi connectivity index (χ3n) is 4.18. The van der Waals surface area contributed by atoms with Gasteiger partial charge < -0.3 is 5.11 Å². The second-order valence-electron chi connectivity index (χ2n) is 6.11. The molecular formula is C18H32O2. The molecule has 0 saturated carbocycles. The minimum absolute atomic E-state index is 0.0639. The van der Waals surface area contributed by atoms with Crippen molar-refractivity contribution >= 4 is 5.78 Å². The summed E-state index contributed by atoms with van der Waals surface area (Å²) < 4.78 is 0. The summed E-state index contributed by atoms with van der Waals surface area (Å²) in [7, 11) is 0. The van der Waals surface area contributed by atoms with Gasteiger partial charge >= 0.3 is 0 Å². The van der Waals surface area contributed by atoms with Gasteiger partial charge in [0.05, 0.1) is 0 Å². The number of rotatable bonds is 0. The Labute approximate surface area is 124 Å². The van der Waals surface area contributed by atoms with Crippen molar-refractivity contribution in [3.8, 4) is 0 Å². The third-order valence-corrected chi connectivity index (χ3v) is 4.18. The van der Waals surface area contributed by atoms with E-state index in [9.17, 15) is 9.90 Å². The molecule has 0 aromatic carbocycles. The number of hydrogen-bond donors (Lipinski definition) is 1. The molecule has 0 saturated heterocycles. The van der Waals surface area contributed by atoms with Crippen LogP contribution in [0, 0.1) is 0 Å². The van der Waals surface area contributed by atoms with Gasteiger partial charge in [-0.15, -0.1) is 0 Å². The van der Waals surface area contributed by atoms with Gasteiger partial charge in [-0.2, -0.15) is 0 Å². The highest BCUT2D eigenvalue weighted by molar-refractivity contribution is 5.82. The number of allylic oxidation sites excluding steroid dienone is 2. The number of ketones is 1. The van der Waals surface area contributed by atoms with Gasteiger partial charge in [-0.25, -0.2) is 0 Å². The zero-order valence-electron chi connectivity index (χ0n) is 13.0. The average molecular weight is 280 g/mol. The maximum Gasteiger partial charge on any atom is 0.161 e. The first kappa shape index (κ1) is 17.4. The summed E-state index contributed by atoms with van der Waals surface area (Å²) in [5.41, 5.74) is 0. The lowest BCUT2D eigenvalue weighted by Crippen LogP contribution is -2.19. The van der Waals surface area contributed by atoms with Crippen molar-refractivity contribution in [2.75, 3.05) is 0 Å². The van der Waals surface area contributed by atoms with Crippen molar-refractivity contribution in [1.29, 1.82) is 0 Å². The van der Waals surface area contributed by atoms with E-state index in [2.05, 4.69) is 12.2 Å². The van der Waals surface area contributed by atoms with Crippen molar-refractivity contribution in [1.82, 2.24) is 0 Å². The lowest BCUT2D eigenvalue weighted by molar-refractivity contribution is -0.127. The number of carbonyl (C=O) groups excluding carboxylic acids is 1. The molecule has 0 aromatic heterocycles. The fourth-order valence-electron chi connectivity index (χ4n) is 2.79. The monoisotopic (exact) mass is 280 g/mol. The van der Waals surface area contributed by atoms with Crippen molar-refractivity contribution in [3.05, 3.63) is 12.2 Å². The van der Waals surface area contributed by atoms with Crippen molar-refractivity contribution < 1.29 is 9.90 Å². The van der Waals surface area contributed by atoms with Gasteiger partial charge in [0.25, 0.3) is 0 Å². The Morgan fingerprint density at radius 1 is 0.750 bits per heavy atom. The summed E-state index contributed by atoms with van der Waals surface area (Å²) in [4.78, 5) is 11.7. The molecule has 1 aliphatic rings. The standard InChI is InChI=1S/C18H32O2/c19-17-15-13-11-9-7-5-3-1-2-4-6-8-10-12-14-16-18(17)20/h1-2,17,19H,3-16H2. The molecule has 20 heavy (non-hydrogen) atoms. The molecule has 0 aliphatic heterocycles. The van der Waals surface area contributed by atoms with Crippen LogP contribution in [-0.2, 0) is 4.79 Å². The number of aliphatic hydroxyl groups is 1. The van der Waals surface area contributed by atoms with E-state index in [4.69, 9.17) is 0 Å². The fourth-order valence-corrected chi connectivity index (χ4v) is 2.79. The van der Waals surface area contributed by atoms with Gasteiger partial charge in [-0.3, -0.25) is 4.79 Å². The van der Waals surface area contributed by atoms with Crippen molar-refractivity contribution in [2.24, 2.45) is 0 Å². The number of hydrogen-bond acceptors (Lipinski definition) is 2. The van der Waals surface area contributed by atoms with E-state index in [1.807, 2.05) is 0 Å². The molecule has 1 atom stereocenters. The molecule has 1 unspecified atom stereocenters. The van der Waals surface area contributed by atoms with Crippen molar-refractivity contribution in [3.63, 3.8) is 0 Å². The summed E-state index contributed by atoms with van der Waals surface area (Å²) in [5, 5.41) is 9.81. The Morgan fingerprint density at radius 2 is 1.25 bits per heavy atom. The number of aliphatic hydroxyl groups excluding tert-OH is 1. The SMILES string of the molecule is O=C1CCCCCCCC=CCCCCCCCC1O. The van der Waals surface area contributed by atoms with E-state index >= 15 is 0 Å². The maximum atomic E-state index is 11.7. The molecule has 0 fully saturated rings. The molecule has 0 radical (unpaired) electrons. The Hall–Kier alpha value is -0.630. The highest BCUT2D eigenvalue weighted by Crippen LogP contribution is 2.13. The van der Waals surface area contributed by atoms with Crippen LogP contribution in [0.5, 0.6) is 0 Å². The topological polar surface area (TPSA) is 37.3 Å². The summed E-state index contributed by atoms with van der Waals surface area (Å²) in [5.74, 6) is 0.0639. The van der Waals surface area contributed by atoms with Gasteiger partial charge in [-0.1, -0.05) is 57.1 Å². The van der Waals surface area contributed by atoms with Gasteiger partial charge in [0, 0.05) is 6.42 Å². The number of carbonyl (C=O) groups is 1. The fraction of sp³-hybridized carbons (Fsp3) is 0.833. The van der Waals surface area contributed by atoms with E-state index in [1.54, 1.807) is 0 Å². The minimum atomic E-state index is -0.697. The van der Waals surface area contributed by atoms with E-state index in [1.165, 1.54) is 51.4 Å². The van der Waals surface area contributed by atoms with Crippen LogP contribution < -0.4 is 0 Å². The Balaban J connectivity index is 2.25. The second-order valence-corrected chi connectivity index (χ2v) is 6.11. The molecule has 0 spiro atoms. The molecule has 116 valence electrons. The van der Waals surface area contributed by atoms with E-state index < -0.39 is 6.10 Å². The van der Waals surface area contributed by atoms with Crippen LogP contribution in [0.15, 0.2) is 12.2 Å². The molecule has 2 heteroatoms. The second kappa shape index (κ2) is 12.1. The van der Waals surface area contributed by atoms with Crippen LogP contribution in [0.25, 0.3) is 0 Å². The predicted molar refractivity (Wildman–Crippen MR) is 84.8 cm³/mol. The normalized spacial score (nSPS) is 25.9. The highest BCUT2D eigenvalue weighted by atomic mass is 16.3. The third kappa shape index (κ3) is 9.30. The molecule has 0 aromatic rings. The van der Waals surface area contributed by atoms with E-state index in [0.717, 1.165) is 25.7 Å². The lowest BCUT2D eigenvalue weighted by atomic mass is 10.0. The van der Waals surface area contributed by atoms with Crippen LogP contribution in [0.3, 0.4) is 0 Å². The van der Waals surface area contributed by atoms with Crippen LogP contribution in [0.1, 0.15) is 89.9 Å². The maximum absolute atomic E-state index is 11.7. The predicted octanol–water partition coefficient (Wildman–Crippen LogP) is 4.95. The smallest absolute Gasteiger partial charge is 0.161 e. The highest BCUT2D eigenvalue weighted by Gasteiger charge is 2.13. The lowest BCUT2D eigenvalue weighted by Gasteiger charge is -2.09. The molecule has 0 bridgehead atoms. The van der Waals surface area contributed by atoms with Gasteiger partial charge in [0.15, 0.2) is 5.78 Å². The zero-order chi connectivity index (χ0) is 14.5. The van der Waals surface area contributed by atoms with Crippen LogP contribution in [0.4, 0.5) is 0 Å². The van der Waals surface area contributed by atoms with Crippen molar-refractivity contribution in [2.45, 2.75) is 96.0 Å². The van der Waals surface area contributed by atoms with Crippen LogP contribution in [-0.4, -0.2) is 17.0 Å². The van der Waals surface area contributed by atoms with Crippen LogP contribution >= 0.6 is 0 Å². The van der Waals surface area contributed by atoms with E-state index in [0.29, 0.717) is 12.8 Å². The Kier molecular flexibility index (Phi) is 10.6. The Morgan fingerprint density at radius 3 is 1.90 bits per heavy atom. The van der Waals surface area contributed by atoms with Gasteiger partial charge in [-0.05, 0) is 38.5 Å². The first-order valence-electron chi connectivity index (χ1n) is 8.66. The molecule has 0 amide bonds. The molecular weight excluding hydrogens is 248 g/mol. The molecule has 1 N–H and O–H groups in total. The summed E-state index contributed by atoms with van der Waals surface area (Å²) in [6, 6.07) is 0. The van der Waals surface area contributed by atoms with E-state index in [-0.39, 0.29) is 5.78 Å². The molecule has 2 nitrogen and oxygen atoms in total. The average Bonchev–Trinajstić information content (AvgIpc) is 2.45. The largest absolute Gasteiger partial charge is 0.385 e. The Bertz CT molecular complexity index is 271. The minimum Gasteiger partial charge on any atom is -0.385 e. The number of Topliss-reactive ketones (excluding diaryl/α,β-unsaturated/α-hetero) is 1. The van der Waals surface area contributed by atoms with Gasteiger partial charge in [0.1, 0.15) is 6.10 Å². The molecule has 1 aliphatic carbocycles. The molecule has 0 heterocycles. The summed E-state index contributed by atoms with van der Waals surface area (Å²) >= 11 is 0. The van der Waals surface area contributed by atoms with Gasteiger partial charge in [0.2, 0.25) is 0 Å². The first-order valence-corrected chi connectivity index (χ1v) is 8.66. The first-order chi connectivity index (χ1) is 9.80. The van der Waals surface area contributed by atoms with Crippen LogP contribution in [0.2, 0.25) is 0 Å².